The van der Waals surface area contributed by atoms with Gasteiger partial charge in [0.25, 0.3) is 0 Å². The lowest BCUT2D eigenvalue weighted by molar-refractivity contribution is -0.115. The van der Waals surface area contributed by atoms with Crippen molar-refractivity contribution < 1.29 is 9.18 Å². The van der Waals surface area contributed by atoms with Crippen molar-refractivity contribution in [3.8, 4) is 0 Å². The predicted octanol–water partition coefficient (Wildman–Crippen LogP) is 2.15. The summed E-state index contributed by atoms with van der Waals surface area (Å²) in [6.45, 7) is 3.97. The van der Waals surface area contributed by atoms with Crippen molar-refractivity contribution >= 4 is 17.4 Å². The second-order valence-electron chi connectivity index (χ2n) is 6.05. The fourth-order valence-corrected chi connectivity index (χ4v) is 2.68. The van der Waals surface area contributed by atoms with Gasteiger partial charge in [0.1, 0.15) is 11.6 Å². The summed E-state index contributed by atoms with van der Waals surface area (Å²) in [5, 5.41) is 2.82. The van der Waals surface area contributed by atoms with Crippen LogP contribution >= 0.6 is 0 Å². The Morgan fingerprint density at radius 1 is 1.12 bits per heavy atom. The van der Waals surface area contributed by atoms with E-state index in [9.17, 15) is 9.18 Å². The normalized spacial score (nSPS) is 15.3. The van der Waals surface area contributed by atoms with Gasteiger partial charge in [-0.25, -0.2) is 9.37 Å². The van der Waals surface area contributed by atoms with Gasteiger partial charge in [-0.1, -0.05) is 12.1 Å². The van der Waals surface area contributed by atoms with E-state index >= 15 is 0 Å². The highest BCUT2D eigenvalue weighted by Crippen LogP contribution is 2.16. The number of aromatic nitrogens is 1. The predicted molar refractivity (Wildman–Crippen MR) is 92.7 cm³/mol. The summed E-state index contributed by atoms with van der Waals surface area (Å²) >= 11 is 0. The van der Waals surface area contributed by atoms with E-state index in [-0.39, 0.29) is 18.1 Å². The van der Waals surface area contributed by atoms with Crippen LogP contribution in [0, 0.1) is 5.82 Å². The number of piperazine rings is 1. The first-order valence-electron chi connectivity index (χ1n) is 8.04. The van der Waals surface area contributed by atoms with Crippen LogP contribution in [0.2, 0.25) is 0 Å². The van der Waals surface area contributed by atoms with Crippen molar-refractivity contribution in [1.29, 1.82) is 0 Å². The average Bonchev–Trinajstić information content (AvgIpc) is 2.58. The molecule has 6 heteroatoms. The number of pyridine rings is 1. The van der Waals surface area contributed by atoms with E-state index in [0.29, 0.717) is 5.69 Å². The van der Waals surface area contributed by atoms with Crippen LogP contribution in [-0.2, 0) is 11.2 Å². The number of hydrogen-bond acceptors (Lipinski definition) is 4. The molecule has 1 saturated heterocycles. The molecule has 1 aromatic carbocycles. The molecule has 0 radical (unpaired) electrons. The lowest BCUT2D eigenvalue weighted by Crippen LogP contribution is -2.44. The maximum atomic E-state index is 12.9. The third-order valence-electron chi connectivity index (χ3n) is 4.14. The smallest absolute Gasteiger partial charge is 0.228 e. The van der Waals surface area contributed by atoms with Gasteiger partial charge in [0, 0.05) is 26.2 Å². The number of benzene rings is 1. The first-order valence-corrected chi connectivity index (χ1v) is 8.04. The van der Waals surface area contributed by atoms with Gasteiger partial charge in [-0.2, -0.15) is 0 Å². The highest BCUT2D eigenvalue weighted by Gasteiger charge is 2.15. The number of anilines is 2. The molecule has 24 heavy (non-hydrogen) atoms. The maximum Gasteiger partial charge on any atom is 0.228 e. The fourth-order valence-electron chi connectivity index (χ4n) is 2.68. The zero-order valence-electron chi connectivity index (χ0n) is 13.7. The minimum absolute atomic E-state index is 0.143. The molecule has 1 aliphatic heterocycles. The molecule has 2 heterocycles. The number of halogens is 1. The van der Waals surface area contributed by atoms with E-state index in [1.165, 1.54) is 12.1 Å². The van der Waals surface area contributed by atoms with Crippen molar-refractivity contribution in [2.24, 2.45) is 0 Å². The van der Waals surface area contributed by atoms with Gasteiger partial charge in [0.2, 0.25) is 5.91 Å². The SMILES string of the molecule is CN1CCN(c2ccc(NC(=O)Cc3ccc(F)cc3)cn2)CC1. The molecule has 0 saturated carbocycles. The van der Waals surface area contributed by atoms with Crippen molar-refractivity contribution in [3.63, 3.8) is 0 Å². The molecule has 2 aromatic rings. The van der Waals surface area contributed by atoms with Crippen LogP contribution in [-0.4, -0.2) is 49.0 Å². The molecule has 0 unspecified atom stereocenters. The second kappa shape index (κ2) is 7.40. The van der Waals surface area contributed by atoms with Gasteiger partial charge in [-0.05, 0) is 36.9 Å². The van der Waals surface area contributed by atoms with Crippen LogP contribution in [0.15, 0.2) is 42.6 Å². The Kier molecular flexibility index (Phi) is 5.05. The van der Waals surface area contributed by atoms with Crippen molar-refractivity contribution in [1.82, 2.24) is 9.88 Å². The van der Waals surface area contributed by atoms with E-state index in [2.05, 4.69) is 27.1 Å². The molecule has 1 amide bonds. The molecular formula is C18H21FN4O. The number of rotatable bonds is 4. The molecule has 1 fully saturated rings. The number of amides is 1. The third kappa shape index (κ3) is 4.29. The molecule has 0 bridgehead atoms. The Morgan fingerprint density at radius 2 is 1.83 bits per heavy atom. The first-order chi connectivity index (χ1) is 11.6. The quantitative estimate of drug-likeness (QED) is 0.934. The largest absolute Gasteiger partial charge is 0.354 e. The Morgan fingerprint density at radius 3 is 2.46 bits per heavy atom. The molecule has 0 atom stereocenters. The monoisotopic (exact) mass is 328 g/mol. The van der Waals surface area contributed by atoms with Crippen molar-refractivity contribution in [3.05, 3.63) is 54.0 Å². The summed E-state index contributed by atoms with van der Waals surface area (Å²) in [6.07, 6.45) is 1.89. The fraction of sp³-hybridized carbons (Fsp3) is 0.333. The Labute approximate surface area is 141 Å². The number of carbonyl (C=O) groups is 1. The van der Waals surface area contributed by atoms with Gasteiger partial charge in [-0.15, -0.1) is 0 Å². The van der Waals surface area contributed by atoms with E-state index in [0.717, 1.165) is 37.6 Å². The zero-order chi connectivity index (χ0) is 16.9. The summed E-state index contributed by atoms with van der Waals surface area (Å²) in [7, 11) is 2.12. The standard InChI is InChI=1S/C18H21FN4O/c1-22-8-10-23(11-9-22)17-7-6-16(13-20-17)21-18(24)12-14-2-4-15(19)5-3-14/h2-7,13H,8-12H2,1H3,(H,21,24). The Bertz CT molecular complexity index is 679. The van der Waals surface area contributed by atoms with Gasteiger partial charge >= 0.3 is 0 Å². The van der Waals surface area contributed by atoms with Crippen LogP contribution in [0.1, 0.15) is 5.56 Å². The van der Waals surface area contributed by atoms with Crippen LogP contribution in [0.25, 0.3) is 0 Å². The zero-order valence-corrected chi connectivity index (χ0v) is 13.7. The number of nitrogens with zero attached hydrogens (tertiary/aromatic N) is 3. The van der Waals surface area contributed by atoms with Crippen molar-refractivity contribution in [2.75, 3.05) is 43.4 Å². The molecule has 0 aliphatic carbocycles. The molecule has 1 aromatic heterocycles. The summed E-state index contributed by atoms with van der Waals surface area (Å²) in [5.41, 5.74) is 1.44. The van der Waals surface area contributed by atoms with Gasteiger partial charge in [0.15, 0.2) is 0 Å². The highest BCUT2D eigenvalue weighted by atomic mass is 19.1. The summed E-state index contributed by atoms with van der Waals surface area (Å²) in [6, 6.07) is 9.74. The maximum absolute atomic E-state index is 12.9. The van der Waals surface area contributed by atoms with E-state index < -0.39 is 0 Å². The molecule has 126 valence electrons. The minimum atomic E-state index is -0.303. The van der Waals surface area contributed by atoms with Gasteiger partial charge < -0.3 is 15.1 Å². The van der Waals surface area contributed by atoms with Crippen LogP contribution < -0.4 is 10.2 Å². The lowest BCUT2D eigenvalue weighted by atomic mass is 10.1. The topological polar surface area (TPSA) is 48.5 Å². The van der Waals surface area contributed by atoms with E-state index in [4.69, 9.17) is 0 Å². The van der Waals surface area contributed by atoms with Gasteiger partial charge in [-0.3, -0.25) is 4.79 Å². The summed E-state index contributed by atoms with van der Waals surface area (Å²) in [5.74, 6) is 0.484. The van der Waals surface area contributed by atoms with E-state index in [1.807, 2.05) is 12.1 Å². The van der Waals surface area contributed by atoms with Gasteiger partial charge in [0.05, 0.1) is 18.3 Å². The number of likely N-dealkylation sites (N-methyl/N-ethyl adjacent to an activating group) is 1. The molecule has 1 aliphatic rings. The Hall–Kier alpha value is -2.47. The minimum Gasteiger partial charge on any atom is -0.354 e. The molecule has 0 spiro atoms. The second-order valence-corrected chi connectivity index (χ2v) is 6.05. The highest BCUT2D eigenvalue weighted by molar-refractivity contribution is 5.92. The average molecular weight is 328 g/mol. The lowest BCUT2D eigenvalue weighted by Gasteiger charge is -2.33. The number of nitrogens with one attached hydrogen (secondary N) is 1. The molecule has 3 rings (SSSR count). The Balaban J connectivity index is 1.55. The number of hydrogen-bond donors (Lipinski definition) is 1. The molecule has 1 N–H and O–H groups in total. The summed E-state index contributed by atoms with van der Waals surface area (Å²) < 4.78 is 12.9. The van der Waals surface area contributed by atoms with Crippen molar-refractivity contribution in [2.45, 2.75) is 6.42 Å². The first kappa shape index (κ1) is 16.4. The molecule has 5 nitrogen and oxygen atoms in total. The molecular weight excluding hydrogens is 307 g/mol. The van der Waals surface area contributed by atoms with E-state index in [1.54, 1.807) is 18.3 Å². The third-order valence-corrected chi connectivity index (χ3v) is 4.14. The number of carbonyl (C=O) groups excluding carboxylic acids is 1. The van der Waals surface area contributed by atoms with Crippen LogP contribution in [0.3, 0.4) is 0 Å². The van der Waals surface area contributed by atoms with Crippen LogP contribution in [0.5, 0.6) is 0 Å². The summed E-state index contributed by atoms with van der Waals surface area (Å²) in [4.78, 5) is 21.0. The van der Waals surface area contributed by atoms with Crippen LogP contribution in [0.4, 0.5) is 15.9 Å².